The molecule has 3 N–H and O–H groups in total. The normalized spacial score (nSPS) is 16.4. The Morgan fingerprint density at radius 1 is 1.43 bits per heavy atom. The molecule has 3 aromatic rings. The molecular formula is C15H16ClFN8O3. The number of aromatic carboxylic acids is 1. The quantitative estimate of drug-likeness (QED) is 0.594. The van der Waals surface area contributed by atoms with Gasteiger partial charge in [-0.1, -0.05) is 5.10 Å². The van der Waals surface area contributed by atoms with Gasteiger partial charge in [0.2, 0.25) is 5.43 Å². The van der Waals surface area contributed by atoms with Gasteiger partial charge in [0.25, 0.3) is 5.95 Å². The number of pyridine rings is 2. The molecule has 0 aliphatic carbocycles. The second-order valence-electron chi connectivity index (χ2n) is 6.31. The van der Waals surface area contributed by atoms with Crippen molar-refractivity contribution < 1.29 is 14.3 Å². The maximum Gasteiger partial charge on any atom is 0.341 e. The predicted molar refractivity (Wildman–Crippen MR) is 98.7 cm³/mol. The van der Waals surface area contributed by atoms with Crippen LogP contribution in [0.4, 0.5) is 10.2 Å². The van der Waals surface area contributed by atoms with E-state index in [4.69, 9.17) is 5.73 Å². The van der Waals surface area contributed by atoms with E-state index in [1.54, 1.807) is 11.9 Å². The second-order valence-corrected chi connectivity index (χ2v) is 6.31. The van der Waals surface area contributed by atoms with Crippen LogP contribution in [0.25, 0.3) is 17.0 Å². The fourth-order valence-corrected chi connectivity index (χ4v) is 3.15. The van der Waals surface area contributed by atoms with Gasteiger partial charge in [0, 0.05) is 32.4 Å². The van der Waals surface area contributed by atoms with E-state index in [1.807, 2.05) is 0 Å². The van der Waals surface area contributed by atoms with E-state index in [0.717, 1.165) is 12.3 Å². The summed E-state index contributed by atoms with van der Waals surface area (Å²) in [5.74, 6) is -1.99. The van der Waals surface area contributed by atoms with Crippen LogP contribution in [0.5, 0.6) is 0 Å². The number of carbonyl (C=O) groups is 1. The van der Waals surface area contributed by atoms with Gasteiger partial charge < -0.3 is 15.7 Å². The van der Waals surface area contributed by atoms with E-state index in [2.05, 4.69) is 20.5 Å². The Morgan fingerprint density at radius 2 is 2.18 bits per heavy atom. The summed E-state index contributed by atoms with van der Waals surface area (Å²) < 4.78 is 17.2. The van der Waals surface area contributed by atoms with Crippen molar-refractivity contribution in [3.05, 3.63) is 33.9 Å². The molecule has 1 fully saturated rings. The summed E-state index contributed by atoms with van der Waals surface area (Å²) >= 11 is 0. The predicted octanol–water partition coefficient (Wildman–Crippen LogP) is -0.294. The standard InChI is InChI=1S/C15H15FN8O3.ClH/c1-22-15(19-20-21-22)24-6-9(14(26)27)11(25)8-4-10(16)13(18-12(8)24)23-3-2-7(17)5-23;/h4,6-7H,2-3,5,17H2,1H3,(H,26,27);1H. The van der Waals surface area contributed by atoms with E-state index in [9.17, 15) is 19.1 Å². The fourth-order valence-electron chi connectivity index (χ4n) is 3.15. The largest absolute Gasteiger partial charge is 0.477 e. The molecule has 1 aliphatic heterocycles. The Labute approximate surface area is 163 Å². The van der Waals surface area contributed by atoms with Gasteiger partial charge in [0.05, 0.1) is 5.39 Å². The number of carboxylic acids is 1. The Bertz CT molecular complexity index is 1130. The number of hydrogen-bond donors (Lipinski definition) is 2. The maximum atomic E-state index is 14.7. The number of nitrogens with zero attached hydrogens (tertiary/aromatic N) is 7. The third-order valence-electron chi connectivity index (χ3n) is 4.48. The number of hydrogen-bond acceptors (Lipinski definition) is 8. The smallest absolute Gasteiger partial charge is 0.341 e. The van der Waals surface area contributed by atoms with Gasteiger partial charge in [-0.25, -0.2) is 18.9 Å². The van der Waals surface area contributed by atoms with E-state index < -0.39 is 22.8 Å². The molecule has 148 valence electrons. The number of halogens is 2. The van der Waals surface area contributed by atoms with E-state index in [-0.39, 0.29) is 41.2 Å². The molecular weight excluding hydrogens is 395 g/mol. The zero-order valence-corrected chi connectivity index (χ0v) is 15.4. The molecule has 1 unspecified atom stereocenters. The molecule has 4 heterocycles. The minimum absolute atomic E-state index is 0. The molecule has 1 saturated heterocycles. The first-order valence-electron chi connectivity index (χ1n) is 8.09. The number of anilines is 1. The van der Waals surface area contributed by atoms with Crippen LogP contribution in [0, 0.1) is 5.82 Å². The summed E-state index contributed by atoms with van der Waals surface area (Å²) in [4.78, 5) is 30.0. The average molecular weight is 411 g/mol. The molecule has 13 heteroatoms. The van der Waals surface area contributed by atoms with Gasteiger partial charge in [-0.05, 0) is 22.9 Å². The Kier molecular flexibility index (Phi) is 5.00. The summed E-state index contributed by atoms with van der Waals surface area (Å²) in [5.41, 5.74) is 4.57. The third kappa shape index (κ3) is 3.05. The highest BCUT2D eigenvalue weighted by molar-refractivity contribution is 5.92. The van der Waals surface area contributed by atoms with Crippen molar-refractivity contribution in [1.29, 1.82) is 0 Å². The first kappa shape index (κ1) is 19.6. The van der Waals surface area contributed by atoms with Gasteiger partial charge in [0.1, 0.15) is 5.56 Å². The molecule has 1 atom stereocenters. The minimum atomic E-state index is -1.44. The van der Waals surface area contributed by atoms with Gasteiger partial charge in [-0.3, -0.25) is 9.36 Å². The van der Waals surface area contributed by atoms with Gasteiger partial charge >= 0.3 is 5.97 Å². The summed E-state index contributed by atoms with van der Waals surface area (Å²) in [6, 6.07) is 0.901. The molecule has 4 rings (SSSR count). The molecule has 0 spiro atoms. The summed E-state index contributed by atoms with van der Waals surface area (Å²) in [5, 5.41) is 20.2. The highest BCUT2D eigenvalue weighted by atomic mass is 35.5. The lowest BCUT2D eigenvalue weighted by Crippen LogP contribution is -2.28. The van der Waals surface area contributed by atoms with Crippen LogP contribution in [0.1, 0.15) is 16.8 Å². The summed E-state index contributed by atoms with van der Waals surface area (Å²) in [7, 11) is 1.55. The zero-order chi connectivity index (χ0) is 19.3. The van der Waals surface area contributed by atoms with Crippen LogP contribution in [0.2, 0.25) is 0 Å². The summed E-state index contributed by atoms with van der Waals surface area (Å²) in [6.45, 7) is 0.956. The Balaban J connectivity index is 0.00000225. The highest BCUT2D eigenvalue weighted by Gasteiger charge is 2.26. The van der Waals surface area contributed by atoms with Crippen LogP contribution >= 0.6 is 12.4 Å². The molecule has 3 aromatic heterocycles. The Morgan fingerprint density at radius 3 is 2.75 bits per heavy atom. The first-order valence-corrected chi connectivity index (χ1v) is 8.09. The van der Waals surface area contributed by atoms with Crippen LogP contribution in [-0.2, 0) is 7.05 Å². The van der Waals surface area contributed by atoms with Crippen molar-refractivity contribution in [3.8, 4) is 5.95 Å². The lowest BCUT2D eigenvalue weighted by Gasteiger charge is -2.19. The monoisotopic (exact) mass is 410 g/mol. The number of aryl methyl sites for hydroxylation is 1. The second kappa shape index (κ2) is 7.13. The van der Waals surface area contributed by atoms with Gasteiger partial charge in [0.15, 0.2) is 17.3 Å². The molecule has 0 radical (unpaired) electrons. The van der Waals surface area contributed by atoms with Crippen molar-refractivity contribution in [3.63, 3.8) is 0 Å². The lowest BCUT2D eigenvalue weighted by molar-refractivity contribution is 0.0695. The number of rotatable bonds is 3. The van der Waals surface area contributed by atoms with E-state index in [0.29, 0.717) is 19.5 Å². The SMILES string of the molecule is Cl.Cn1nnnc1-n1cc(C(=O)O)c(=O)c2cc(F)c(N3CCC(N)C3)nc21. The number of carboxylic acid groups (broad SMARTS) is 1. The number of nitrogens with two attached hydrogens (primary N) is 1. The van der Waals surface area contributed by atoms with Gasteiger partial charge in [-0.2, -0.15) is 0 Å². The minimum Gasteiger partial charge on any atom is -0.477 e. The van der Waals surface area contributed by atoms with E-state index >= 15 is 0 Å². The Hall–Kier alpha value is -3.12. The van der Waals surface area contributed by atoms with Crippen molar-refractivity contribution >= 4 is 35.2 Å². The lowest BCUT2D eigenvalue weighted by atomic mass is 10.2. The molecule has 1 aliphatic rings. The highest BCUT2D eigenvalue weighted by Crippen LogP contribution is 2.25. The van der Waals surface area contributed by atoms with Crippen molar-refractivity contribution in [1.82, 2.24) is 29.8 Å². The number of tetrazole rings is 1. The third-order valence-corrected chi connectivity index (χ3v) is 4.48. The zero-order valence-electron chi connectivity index (χ0n) is 14.6. The summed E-state index contributed by atoms with van der Waals surface area (Å²) in [6.07, 6.45) is 1.78. The van der Waals surface area contributed by atoms with Crippen LogP contribution < -0.4 is 16.1 Å². The van der Waals surface area contributed by atoms with Gasteiger partial charge in [-0.15, -0.1) is 12.4 Å². The average Bonchev–Trinajstić information content (AvgIpc) is 3.23. The first-order chi connectivity index (χ1) is 12.9. The molecule has 0 aromatic carbocycles. The number of fused-ring (bicyclic) bond motifs is 1. The molecule has 28 heavy (non-hydrogen) atoms. The van der Waals surface area contributed by atoms with Crippen molar-refractivity contribution in [2.45, 2.75) is 12.5 Å². The fraction of sp³-hybridized carbons (Fsp3) is 0.333. The molecule has 0 saturated carbocycles. The topological polar surface area (TPSA) is 145 Å². The van der Waals surface area contributed by atoms with Crippen molar-refractivity contribution in [2.24, 2.45) is 12.8 Å². The molecule has 11 nitrogen and oxygen atoms in total. The van der Waals surface area contributed by atoms with Crippen LogP contribution in [-0.4, -0.2) is 60.0 Å². The molecule has 0 amide bonds. The number of aromatic nitrogens is 6. The van der Waals surface area contributed by atoms with Crippen LogP contribution in [0.15, 0.2) is 17.1 Å². The maximum absolute atomic E-state index is 14.7. The van der Waals surface area contributed by atoms with Crippen LogP contribution in [0.3, 0.4) is 0 Å². The molecule has 0 bridgehead atoms. The van der Waals surface area contributed by atoms with Crippen molar-refractivity contribution in [2.75, 3.05) is 18.0 Å². The van der Waals surface area contributed by atoms with E-state index in [1.165, 1.54) is 9.25 Å².